The van der Waals surface area contributed by atoms with Gasteiger partial charge in [0.05, 0.1) is 16.9 Å². The highest BCUT2D eigenvalue weighted by molar-refractivity contribution is 7.98. The molecule has 0 saturated carbocycles. The van der Waals surface area contributed by atoms with Crippen LogP contribution in [-0.4, -0.2) is 44.9 Å². The number of anilines is 2. The van der Waals surface area contributed by atoms with E-state index in [1.807, 2.05) is 12.3 Å². The SMILES string of the molecule is CSc1nnnn1-c1cccc(NC(=O)c2ccccc2OCC(=O)Nc2ccccc2F)c1. The van der Waals surface area contributed by atoms with Crippen LogP contribution in [0.4, 0.5) is 15.8 Å². The molecule has 0 aliphatic heterocycles. The number of nitrogens with one attached hydrogen (secondary N) is 2. The van der Waals surface area contributed by atoms with Crippen LogP contribution in [0.15, 0.2) is 78.0 Å². The number of thioether (sulfide) groups is 1. The third kappa shape index (κ3) is 5.38. The normalized spacial score (nSPS) is 10.5. The minimum absolute atomic E-state index is 0.0502. The number of hydrogen-bond acceptors (Lipinski definition) is 7. The summed E-state index contributed by atoms with van der Waals surface area (Å²) in [4.78, 5) is 25.1. The molecule has 9 nitrogen and oxygen atoms in total. The van der Waals surface area contributed by atoms with Crippen molar-refractivity contribution in [1.82, 2.24) is 20.2 Å². The smallest absolute Gasteiger partial charge is 0.262 e. The summed E-state index contributed by atoms with van der Waals surface area (Å²) in [7, 11) is 0. The number of hydrogen-bond donors (Lipinski definition) is 2. The highest BCUT2D eigenvalue weighted by Crippen LogP contribution is 2.22. The van der Waals surface area contributed by atoms with E-state index in [9.17, 15) is 14.0 Å². The fraction of sp³-hybridized carbons (Fsp3) is 0.0870. The number of halogens is 1. The van der Waals surface area contributed by atoms with Crippen molar-refractivity contribution in [2.24, 2.45) is 0 Å². The van der Waals surface area contributed by atoms with Gasteiger partial charge in [-0.1, -0.05) is 42.1 Å². The van der Waals surface area contributed by atoms with Gasteiger partial charge in [0, 0.05) is 5.69 Å². The molecule has 0 spiro atoms. The first-order chi connectivity index (χ1) is 16.5. The lowest BCUT2D eigenvalue weighted by atomic mass is 10.1. The minimum Gasteiger partial charge on any atom is -0.483 e. The van der Waals surface area contributed by atoms with Gasteiger partial charge in [-0.3, -0.25) is 9.59 Å². The molecule has 0 saturated heterocycles. The molecule has 34 heavy (non-hydrogen) atoms. The van der Waals surface area contributed by atoms with Gasteiger partial charge in [-0.2, -0.15) is 4.68 Å². The number of ether oxygens (including phenoxy) is 1. The van der Waals surface area contributed by atoms with Gasteiger partial charge < -0.3 is 15.4 Å². The first-order valence-corrected chi connectivity index (χ1v) is 11.3. The van der Waals surface area contributed by atoms with Gasteiger partial charge in [-0.05, 0) is 59.1 Å². The van der Waals surface area contributed by atoms with Gasteiger partial charge in [0.25, 0.3) is 11.8 Å². The molecule has 0 radical (unpaired) electrons. The molecule has 0 atom stereocenters. The fourth-order valence-electron chi connectivity index (χ4n) is 3.05. The van der Waals surface area contributed by atoms with Gasteiger partial charge in [-0.15, -0.1) is 5.10 Å². The molecule has 1 aromatic heterocycles. The quantitative estimate of drug-likeness (QED) is 0.371. The molecular formula is C23H19FN6O3S. The van der Waals surface area contributed by atoms with Crippen molar-refractivity contribution >= 4 is 35.0 Å². The molecule has 0 aliphatic rings. The van der Waals surface area contributed by atoms with Crippen molar-refractivity contribution in [2.75, 3.05) is 23.5 Å². The lowest BCUT2D eigenvalue weighted by Crippen LogP contribution is -2.22. The van der Waals surface area contributed by atoms with Crippen LogP contribution in [0.25, 0.3) is 5.69 Å². The summed E-state index contributed by atoms with van der Waals surface area (Å²) >= 11 is 1.39. The highest BCUT2D eigenvalue weighted by atomic mass is 32.2. The molecule has 0 bridgehead atoms. The number of rotatable bonds is 8. The van der Waals surface area contributed by atoms with E-state index in [1.54, 1.807) is 53.2 Å². The number of amides is 2. The Morgan fingerprint density at radius 3 is 2.65 bits per heavy atom. The molecule has 3 aromatic carbocycles. The molecule has 4 aromatic rings. The van der Waals surface area contributed by atoms with E-state index in [4.69, 9.17) is 4.74 Å². The molecule has 11 heteroatoms. The second kappa shape index (κ2) is 10.6. The predicted molar refractivity (Wildman–Crippen MR) is 126 cm³/mol. The van der Waals surface area contributed by atoms with Gasteiger partial charge in [0.2, 0.25) is 5.16 Å². The number of nitrogens with zero attached hydrogens (tertiary/aromatic N) is 4. The monoisotopic (exact) mass is 478 g/mol. The van der Waals surface area contributed by atoms with E-state index < -0.39 is 24.2 Å². The average molecular weight is 479 g/mol. The summed E-state index contributed by atoms with van der Waals surface area (Å²) < 4.78 is 20.8. The second-order valence-electron chi connectivity index (χ2n) is 6.89. The molecular weight excluding hydrogens is 459 g/mol. The van der Waals surface area contributed by atoms with E-state index >= 15 is 0 Å². The maximum absolute atomic E-state index is 13.7. The molecule has 1 heterocycles. The Kier molecular flexibility index (Phi) is 7.13. The molecule has 2 N–H and O–H groups in total. The maximum atomic E-state index is 13.7. The van der Waals surface area contributed by atoms with Crippen LogP contribution in [0.1, 0.15) is 10.4 Å². The molecule has 0 unspecified atom stereocenters. The Labute approximate surface area is 198 Å². The summed E-state index contributed by atoms with van der Waals surface area (Å²) in [6.07, 6.45) is 1.86. The van der Waals surface area contributed by atoms with Crippen LogP contribution >= 0.6 is 11.8 Å². The molecule has 4 rings (SSSR count). The number of carbonyl (C=O) groups excluding carboxylic acids is 2. The Morgan fingerprint density at radius 1 is 1.03 bits per heavy atom. The van der Waals surface area contributed by atoms with Crippen LogP contribution in [-0.2, 0) is 4.79 Å². The average Bonchev–Trinajstić information content (AvgIpc) is 3.34. The van der Waals surface area contributed by atoms with E-state index in [1.165, 1.54) is 30.0 Å². The lowest BCUT2D eigenvalue weighted by molar-refractivity contribution is -0.118. The standard InChI is InChI=1S/C23H19FN6O3S/c1-34-23-27-28-29-30(23)16-8-6-7-15(13-16)25-22(32)17-9-2-5-12-20(17)33-14-21(31)26-19-11-4-3-10-18(19)24/h2-13H,14H2,1H3,(H,25,32)(H,26,31). The summed E-state index contributed by atoms with van der Waals surface area (Å²) in [5, 5.41) is 17.4. The minimum atomic E-state index is -0.556. The van der Waals surface area contributed by atoms with Crippen molar-refractivity contribution in [3.05, 3.63) is 84.2 Å². The maximum Gasteiger partial charge on any atom is 0.262 e. The molecule has 0 fully saturated rings. The molecule has 2 amide bonds. The number of tetrazole rings is 1. The largest absolute Gasteiger partial charge is 0.483 e. The number of aromatic nitrogens is 4. The van der Waals surface area contributed by atoms with Crippen LogP contribution in [0.5, 0.6) is 5.75 Å². The zero-order chi connectivity index (χ0) is 23.9. The van der Waals surface area contributed by atoms with Crippen LogP contribution in [0, 0.1) is 5.82 Å². The third-order valence-electron chi connectivity index (χ3n) is 4.61. The Morgan fingerprint density at radius 2 is 1.82 bits per heavy atom. The summed E-state index contributed by atoms with van der Waals surface area (Å²) in [6, 6.07) is 19.4. The zero-order valence-corrected chi connectivity index (χ0v) is 18.8. The number of carbonyl (C=O) groups is 2. The topological polar surface area (TPSA) is 111 Å². The predicted octanol–water partition coefficient (Wildman–Crippen LogP) is 3.79. The van der Waals surface area contributed by atoms with Crippen LogP contribution in [0.3, 0.4) is 0 Å². The zero-order valence-electron chi connectivity index (χ0n) is 17.9. The second-order valence-corrected chi connectivity index (χ2v) is 7.67. The van der Waals surface area contributed by atoms with E-state index in [0.29, 0.717) is 16.5 Å². The van der Waals surface area contributed by atoms with Gasteiger partial charge in [0.15, 0.2) is 6.61 Å². The van der Waals surface area contributed by atoms with E-state index in [0.717, 1.165) is 0 Å². The molecule has 0 aliphatic carbocycles. The van der Waals surface area contributed by atoms with Crippen molar-refractivity contribution in [1.29, 1.82) is 0 Å². The van der Waals surface area contributed by atoms with Crippen LogP contribution < -0.4 is 15.4 Å². The van der Waals surface area contributed by atoms with E-state index in [2.05, 4.69) is 26.2 Å². The van der Waals surface area contributed by atoms with Gasteiger partial charge >= 0.3 is 0 Å². The molecule has 172 valence electrons. The Bertz CT molecular complexity index is 1330. The first kappa shape index (κ1) is 22.9. The van der Waals surface area contributed by atoms with E-state index in [-0.39, 0.29) is 17.0 Å². The van der Waals surface area contributed by atoms with Crippen molar-refractivity contribution in [3.8, 4) is 11.4 Å². The van der Waals surface area contributed by atoms with Crippen molar-refractivity contribution in [2.45, 2.75) is 5.16 Å². The third-order valence-corrected chi connectivity index (χ3v) is 5.23. The van der Waals surface area contributed by atoms with Gasteiger partial charge in [-0.25, -0.2) is 4.39 Å². The lowest BCUT2D eigenvalue weighted by Gasteiger charge is -2.13. The van der Waals surface area contributed by atoms with Gasteiger partial charge in [0.1, 0.15) is 11.6 Å². The fourth-order valence-corrected chi connectivity index (χ4v) is 3.49. The first-order valence-electron chi connectivity index (χ1n) is 10.1. The van der Waals surface area contributed by atoms with Crippen LogP contribution in [0.2, 0.25) is 0 Å². The number of benzene rings is 3. The Balaban J connectivity index is 1.44. The Hall–Kier alpha value is -4.25. The van der Waals surface area contributed by atoms with Crippen molar-refractivity contribution < 1.29 is 18.7 Å². The number of para-hydroxylation sites is 2. The summed E-state index contributed by atoms with van der Waals surface area (Å²) in [5.74, 6) is -1.32. The van der Waals surface area contributed by atoms with Crippen molar-refractivity contribution in [3.63, 3.8) is 0 Å². The highest BCUT2D eigenvalue weighted by Gasteiger charge is 2.15. The summed E-state index contributed by atoms with van der Waals surface area (Å²) in [5.41, 5.74) is 1.49. The summed E-state index contributed by atoms with van der Waals surface area (Å²) in [6.45, 7) is -0.398.